The first-order valence-corrected chi connectivity index (χ1v) is 12.6. The molecule has 0 aliphatic heterocycles. The van der Waals surface area contributed by atoms with Gasteiger partial charge in [0.1, 0.15) is 11.6 Å². The van der Waals surface area contributed by atoms with E-state index < -0.39 is 11.6 Å². The highest BCUT2D eigenvalue weighted by Crippen LogP contribution is 2.47. The molecule has 3 aromatic rings. The Hall–Kier alpha value is -1.24. The van der Waals surface area contributed by atoms with E-state index >= 15 is 8.78 Å². The van der Waals surface area contributed by atoms with E-state index in [9.17, 15) is 0 Å². The van der Waals surface area contributed by atoms with Crippen LogP contribution in [0.15, 0.2) is 49.8 Å². The first-order valence-electron chi connectivity index (χ1n) is 10.2. The van der Waals surface area contributed by atoms with Crippen LogP contribution in [0.5, 0.6) is 0 Å². The van der Waals surface area contributed by atoms with Gasteiger partial charge in [-0.3, -0.25) is 0 Å². The van der Waals surface area contributed by atoms with Gasteiger partial charge in [-0.2, -0.15) is 0 Å². The maximum Gasteiger partial charge on any atom is 0.150 e. The summed E-state index contributed by atoms with van der Waals surface area (Å²) in [7, 11) is 0. The molecule has 32 heavy (non-hydrogen) atoms. The average Bonchev–Trinajstić information content (AvgIpc) is 2.67. The van der Waals surface area contributed by atoms with Crippen molar-refractivity contribution < 1.29 is 8.78 Å². The fraction of sp³-hybridized carbons (Fsp3) is 0.308. The minimum Gasteiger partial charge on any atom is -0.398 e. The standard InChI is InChI=1S/C26H26Br3F2N/c1-25(2,3)13-7-9-17(27)15(11-13)19-22(30)21(29)23(31)20(24(19)32)16-12-14(26(4,5)6)8-10-18(16)28/h7-12H,32H2,1-6H3. The third-order valence-corrected chi connectivity index (χ3v) is 7.65. The highest BCUT2D eigenvalue weighted by atomic mass is 79.9. The zero-order valence-electron chi connectivity index (χ0n) is 18.9. The van der Waals surface area contributed by atoms with Crippen LogP contribution in [0.4, 0.5) is 14.5 Å². The van der Waals surface area contributed by atoms with Crippen molar-refractivity contribution in [3.63, 3.8) is 0 Å². The number of hydrogen-bond donors (Lipinski definition) is 1. The van der Waals surface area contributed by atoms with E-state index in [2.05, 4.69) is 89.3 Å². The van der Waals surface area contributed by atoms with E-state index in [1.165, 1.54) is 0 Å². The number of nitrogen functional groups attached to an aromatic ring is 1. The second-order valence-electron chi connectivity index (χ2n) is 9.99. The maximum absolute atomic E-state index is 15.5. The van der Waals surface area contributed by atoms with E-state index in [4.69, 9.17) is 5.73 Å². The summed E-state index contributed by atoms with van der Waals surface area (Å²) in [6, 6.07) is 11.6. The van der Waals surface area contributed by atoms with Crippen molar-refractivity contribution in [3.05, 3.63) is 72.6 Å². The number of hydrogen-bond acceptors (Lipinski definition) is 1. The fourth-order valence-electron chi connectivity index (χ4n) is 3.57. The number of anilines is 1. The lowest BCUT2D eigenvalue weighted by Crippen LogP contribution is -2.12. The van der Waals surface area contributed by atoms with E-state index in [1.807, 2.05) is 36.4 Å². The van der Waals surface area contributed by atoms with Gasteiger partial charge in [0.05, 0.1) is 10.2 Å². The number of halogens is 5. The van der Waals surface area contributed by atoms with Crippen molar-refractivity contribution in [1.29, 1.82) is 0 Å². The van der Waals surface area contributed by atoms with Gasteiger partial charge in [-0.25, -0.2) is 8.78 Å². The third-order valence-electron chi connectivity index (χ3n) is 5.57. The molecular weight excluding hydrogens is 604 g/mol. The minimum absolute atomic E-state index is 0.0571. The molecule has 170 valence electrons. The summed E-state index contributed by atoms with van der Waals surface area (Å²) in [5.41, 5.74) is 9.83. The van der Waals surface area contributed by atoms with Crippen LogP contribution >= 0.6 is 47.8 Å². The lowest BCUT2D eigenvalue weighted by molar-refractivity contribution is 0.576. The predicted octanol–water partition coefficient (Wildman–Crippen LogP) is 9.76. The van der Waals surface area contributed by atoms with Crippen LogP contribution in [0.1, 0.15) is 52.7 Å². The summed E-state index contributed by atoms with van der Waals surface area (Å²) in [5.74, 6) is -1.45. The number of benzene rings is 3. The monoisotopic (exact) mass is 627 g/mol. The van der Waals surface area contributed by atoms with Crippen LogP contribution in [-0.2, 0) is 10.8 Å². The van der Waals surface area contributed by atoms with Crippen LogP contribution in [-0.4, -0.2) is 0 Å². The Morgan fingerprint density at radius 3 is 1.31 bits per heavy atom. The number of rotatable bonds is 2. The summed E-state index contributed by atoms with van der Waals surface area (Å²) >= 11 is 10.2. The molecule has 0 amide bonds. The molecule has 0 aromatic heterocycles. The van der Waals surface area contributed by atoms with Gasteiger partial charge in [0, 0.05) is 31.2 Å². The summed E-state index contributed by atoms with van der Waals surface area (Å²) in [6.07, 6.45) is 0. The quantitative estimate of drug-likeness (QED) is 0.222. The molecule has 0 saturated carbocycles. The maximum atomic E-state index is 15.5. The Kier molecular flexibility index (Phi) is 7.01. The summed E-state index contributed by atoms with van der Waals surface area (Å²) in [6.45, 7) is 12.5. The van der Waals surface area contributed by atoms with Crippen molar-refractivity contribution in [2.24, 2.45) is 0 Å². The van der Waals surface area contributed by atoms with E-state index in [0.29, 0.717) is 20.1 Å². The lowest BCUT2D eigenvalue weighted by Gasteiger charge is -2.23. The highest BCUT2D eigenvalue weighted by Gasteiger charge is 2.28. The Morgan fingerprint density at radius 2 is 1.00 bits per heavy atom. The van der Waals surface area contributed by atoms with Crippen LogP contribution in [0.25, 0.3) is 22.3 Å². The molecule has 1 nitrogen and oxygen atoms in total. The van der Waals surface area contributed by atoms with Gasteiger partial charge >= 0.3 is 0 Å². The van der Waals surface area contributed by atoms with Crippen molar-refractivity contribution >= 4 is 53.5 Å². The third kappa shape index (κ3) is 4.69. The number of nitrogens with two attached hydrogens (primary N) is 1. The molecule has 3 rings (SSSR count). The van der Waals surface area contributed by atoms with Crippen LogP contribution < -0.4 is 5.73 Å². The smallest absolute Gasteiger partial charge is 0.150 e. The molecule has 0 aliphatic carbocycles. The second kappa shape index (κ2) is 8.84. The summed E-state index contributed by atoms with van der Waals surface area (Å²) < 4.78 is 32.1. The Balaban J connectivity index is 2.41. The Labute approximate surface area is 214 Å². The molecule has 0 spiro atoms. The van der Waals surface area contributed by atoms with Crippen LogP contribution in [0.2, 0.25) is 0 Å². The van der Waals surface area contributed by atoms with Crippen molar-refractivity contribution in [2.45, 2.75) is 52.4 Å². The zero-order valence-corrected chi connectivity index (χ0v) is 23.7. The SMILES string of the molecule is CC(C)(C)c1ccc(Br)c(-c2c(N)c(-c3cc(C(C)(C)C)ccc3Br)c(F)c(Br)c2F)c1. The van der Waals surface area contributed by atoms with Crippen LogP contribution in [0, 0.1) is 11.6 Å². The predicted molar refractivity (Wildman–Crippen MR) is 142 cm³/mol. The molecule has 0 saturated heterocycles. The molecule has 3 aromatic carbocycles. The normalized spacial score (nSPS) is 12.3. The second-order valence-corrected chi connectivity index (χ2v) is 12.5. The van der Waals surface area contributed by atoms with Gasteiger partial charge < -0.3 is 5.73 Å². The molecule has 6 heteroatoms. The topological polar surface area (TPSA) is 26.0 Å². The minimum atomic E-state index is -0.724. The summed E-state index contributed by atoms with van der Waals surface area (Å²) in [5, 5.41) is 0. The molecule has 0 fully saturated rings. The first-order chi connectivity index (χ1) is 14.6. The van der Waals surface area contributed by atoms with Gasteiger partial charge in [0.15, 0.2) is 0 Å². The lowest BCUT2D eigenvalue weighted by atomic mass is 9.84. The Bertz CT molecular complexity index is 1110. The van der Waals surface area contributed by atoms with Gasteiger partial charge in [-0.05, 0) is 62.2 Å². The molecule has 0 bridgehead atoms. The molecule has 0 heterocycles. The van der Waals surface area contributed by atoms with Crippen molar-refractivity contribution in [1.82, 2.24) is 0 Å². The molecule has 0 unspecified atom stereocenters. The molecular formula is C26H26Br3F2N. The first kappa shape index (κ1) is 25.4. The van der Waals surface area contributed by atoms with E-state index in [0.717, 1.165) is 11.1 Å². The largest absolute Gasteiger partial charge is 0.398 e. The van der Waals surface area contributed by atoms with Gasteiger partial charge in [0.2, 0.25) is 0 Å². The zero-order chi connectivity index (χ0) is 24.2. The average molecular weight is 630 g/mol. The molecule has 0 atom stereocenters. The van der Waals surface area contributed by atoms with Crippen molar-refractivity contribution in [3.8, 4) is 22.3 Å². The Morgan fingerprint density at radius 1 is 0.656 bits per heavy atom. The summed E-state index contributed by atoms with van der Waals surface area (Å²) in [4.78, 5) is 0. The van der Waals surface area contributed by atoms with E-state index in [1.54, 1.807) is 0 Å². The molecule has 2 N–H and O–H groups in total. The highest BCUT2D eigenvalue weighted by molar-refractivity contribution is 9.11. The van der Waals surface area contributed by atoms with Crippen LogP contribution in [0.3, 0.4) is 0 Å². The van der Waals surface area contributed by atoms with E-state index in [-0.39, 0.29) is 32.1 Å². The van der Waals surface area contributed by atoms with Gasteiger partial charge in [-0.15, -0.1) is 0 Å². The van der Waals surface area contributed by atoms with Crippen molar-refractivity contribution in [2.75, 3.05) is 5.73 Å². The molecule has 0 radical (unpaired) electrons. The van der Waals surface area contributed by atoms with Gasteiger partial charge in [-0.1, -0.05) is 85.5 Å². The van der Waals surface area contributed by atoms with Gasteiger partial charge in [0.25, 0.3) is 0 Å². The fourth-order valence-corrected chi connectivity index (χ4v) is 4.86. The molecule has 0 aliphatic rings.